The van der Waals surface area contributed by atoms with Gasteiger partial charge in [-0.25, -0.2) is 4.79 Å². The molecule has 0 saturated heterocycles. The molecule has 1 aromatic heterocycles. The number of benzene rings is 2. The van der Waals surface area contributed by atoms with E-state index in [0.717, 1.165) is 11.1 Å². The van der Waals surface area contributed by atoms with E-state index < -0.39 is 18.2 Å². The summed E-state index contributed by atoms with van der Waals surface area (Å²) in [7, 11) is 0. The Kier molecular flexibility index (Phi) is 9.06. The van der Waals surface area contributed by atoms with Crippen LogP contribution in [-0.4, -0.2) is 37.5 Å². The van der Waals surface area contributed by atoms with Crippen molar-refractivity contribution in [1.29, 1.82) is 0 Å². The second-order valence-electron chi connectivity index (χ2n) is 8.08. The lowest BCUT2D eigenvalue weighted by atomic mass is 10.0. The Labute approximate surface area is 205 Å². The average Bonchev–Trinajstić information content (AvgIpc) is 3.41. The first-order valence-electron chi connectivity index (χ1n) is 11.8. The summed E-state index contributed by atoms with van der Waals surface area (Å²) in [6.07, 6.45) is 5.58. The topological polar surface area (TPSA) is 67.1 Å². The van der Waals surface area contributed by atoms with Gasteiger partial charge in [0.15, 0.2) is 0 Å². The van der Waals surface area contributed by atoms with Crippen molar-refractivity contribution in [3.05, 3.63) is 114 Å². The van der Waals surface area contributed by atoms with Gasteiger partial charge in [-0.05, 0) is 36.3 Å². The molecule has 1 aliphatic rings. The lowest BCUT2D eigenvalue weighted by molar-refractivity contribution is -0.143. The number of furan rings is 1. The predicted octanol–water partition coefficient (Wildman–Crippen LogP) is 5.35. The maximum absolute atomic E-state index is 12.8. The highest BCUT2D eigenvalue weighted by molar-refractivity contribution is 5.95. The first-order chi connectivity index (χ1) is 17.2. The fourth-order valence-corrected chi connectivity index (χ4v) is 3.75. The van der Waals surface area contributed by atoms with Gasteiger partial charge in [0.05, 0.1) is 38.3 Å². The second-order valence-corrected chi connectivity index (χ2v) is 8.08. The summed E-state index contributed by atoms with van der Waals surface area (Å²) < 4.78 is 29.2. The minimum Gasteiger partial charge on any atom is -0.465 e. The van der Waals surface area contributed by atoms with Gasteiger partial charge in [-0.3, -0.25) is 0 Å². The van der Waals surface area contributed by atoms with Gasteiger partial charge >= 0.3 is 5.97 Å². The van der Waals surface area contributed by atoms with Crippen molar-refractivity contribution in [2.45, 2.75) is 38.4 Å². The number of hydrogen-bond donors (Lipinski definition) is 0. The van der Waals surface area contributed by atoms with Gasteiger partial charge in [0.2, 0.25) is 0 Å². The second kappa shape index (κ2) is 12.9. The number of carbonyl (C=O) groups is 1. The molecule has 3 aromatic rings. The molecule has 6 nitrogen and oxygen atoms in total. The van der Waals surface area contributed by atoms with Crippen LogP contribution in [0.15, 0.2) is 101 Å². The molecule has 182 valence electrons. The summed E-state index contributed by atoms with van der Waals surface area (Å²) in [6, 6.07) is 23.5. The number of carbonyl (C=O) groups excluding carboxylic acids is 1. The largest absolute Gasteiger partial charge is 0.465 e. The maximum atomic E-state index is 12.8. The van der Waals surface area contributed by atoms with Crippen LogP contribution in [0.5, 0.6) is 0 Å². The highest BCUT2D eigenvalue weighted by Crippen LogP contribution is 2.25. The van der Waals surface area contributed by atoms with E-state index in [0.29, 0.717) is 31.2 Å². The highest BCUT2D eigenvalue weighted by atomic mass is 16.6. The Morgan fingerprint density at radius 1 is 0.914 bits per heavy atom. The normalized spacial score (nSPS) is 20.0. The van der Waals surface area contributed by atoms with Gasteiger partial charge in [0.1, 0.15) is 24.1 Å². The maximum Gasteiger partial charge on any atom is 0.337 e. The summed E-state index contributed by atoms with van der Waals surface area (Å²) in [6.45, 7) is 3.22. The molecule has 4 rings (SSSR count). The molecule has 1 aliphatic heterocycles. The standard InChI is InChI=1S/C29H30O6/c1-2-32-29(30)25(18-24-14-9-17-33-24)26-15-16-27(34-20-23-12-7-4-8-13-23)28(35-26)21-31-19-22-10-5-3-6-11-22/h3-18,26-28H,2,19-21H2,1H3/b25-18-/t26-,27+,28-/m1/s1. The van der Waals surface area contributed by atoms with Crippen LogP contribution < -0.4 is 0 Å². The lowest BCUT2D eigenvalue weighted by Gasteiger charge is -2.33. The fourth-order valence-electron chi connectivity index (χ4n) is 3.75. The van der Waals surface area contributed by atoms with Gasteiger partial charge in [-0.1, -0.05) is 72.8 Å². The van der Waals surface area contributed by atoms with Crippen LogP contribution in [0.2, 0.25) is 0 Å². The summed E-state index contributed by atoms with van der Waals surface area (Å²) in [4.78, 5) is 12.8. The van der Waals surface area contributed by atoms with Crippen LogP contribution >= 0.6 is 0 Å². The van der Waals surface area contributed by atoms with Gasteiger partial charge in [-0.2, -0.15) is 0 Å². The Hall–Kier alpha value is -3.45. The molecule has 0 fully saturated rings. The van der Waals surface area contributed by atoms with Crippen molar-refractivity contribution in [1.82, 2.24) is 0 Å². The molecule has 0 amide bonds. The molecular weight excluding hydrogens is 444 g/mol. The van der Waals surface area contributed by atoms with Gasteiger partial charge in [0, 0.05) is 0 Å². The molecule has 35 heavy (non-hydrogen) atoms. The van der Waals surface area contributed by atoms with E-state index in [9.17, 15) is 4.79 Å². The molecular formula is C29H30O6. The Balaban J connectivity index is 1.50. The molecule has 0 unspecified atom stereocenters. The van der Waals surface area contributed by atoms with Crippen molar-refractivity contribution in [3.63, 3.8) is 0 Å². The summed E-state index contributed by atoms with van der Waals surface area (Å²) in [5.74, 6) is 0.0931. The SMILES string of the molecule is CCOC(=O)/C(=C\c1ccco1)[C@H]1C=C[C@H](OCc2ccccc2)[C@@H](COCc2ccccc2)O1. The molecule has 0 aliphatic carbocycles. The van der Waals surface area contributed by atoms with Crippen molar-refractivity contribution >= 4 is 12.0 Å². The molecule has 2 aromatic carbocycles. The van der Waals surface area contributed by atoms with Gasteiger partial charge in [0.25, 0.3) is 0 Å². The molecule has 6 heteroatoms. The third-order valence-corrected chi connectivity index (χ3v) is 5.50. The van der Waals surface area contributed by atoms with Crippen LogP contribution in [-0.2, 0) is 37.0 Å². The third kappa shape index (κ3) is 7.26. The summed E-state index contributed by atoms with van der Waals surface area (Å²) >= 11 is 0. The van der Waals surface area contributed by atoms with Gasteiger partial charge in [-0.15, -0.1) is 0 Å². The quantitative estimate of drug-likeness (QED) is 0.212. The first kappa shape index (κ1) is 24.7. The molecule has 2 heterocycles. The number of ether oxygens (including phenoxy) is 4. The molecule has 0 bridgehead atoms. The number of hydrogen-bond acceptors (Lipinski definition) is 6. The number of rotatable bonds is 11. The van der Waals surface area contributed by atoms with Gasteiger partial charge < -0.3 is 23.4 Å². The van der Waals surface area contributed by atoms with Crippen LogP contribution in [0.25, 0.3) is 6.08 Å². The van der Waals surface area contributed by atoms with Crippen molar-refractivity contribution < 1.29 is 28.2 Å². The highest BCUT2D eigenvalue weighted by Gasteiger charge is 2.33. The van der Waals surface area contributed by atoms with Crippen LogP contribution in [0.3, 0.4) is 0 Å². The van der Waals surface area contributed by atoms with Crippen LogP contribution in [0.1, 0.15) is 23.8 Å². The molecule has 0 N–H and O–H groups in total. The van der Waals surface area contributed by atoms with Crippen LogP contribution in [0, 0.1) is 0 Å². The van der Waals surface area contributed by atoms with Crippen LogP contribution in [0.4, 0.5) is 0 Å². The lowest BCUT2D eigenvalue weighted by Crippen LogP contribution is -2.41. The zero-order valence-electron chi connectivity index (χ0n) is 19.7. The first-order valence-corrected chi connectivity index (χ1v) is 11.8. The minimum absolute atomic E-state index is 0.261. The van der Waals surface area contributed by atoms with E-state index in [-0.39, 0.29) is 12.7 Å². The fraction of sp³-hybridized carbons (Fsp3) is 0.276. The van der Waals surface area contributed by atoms with E-state index in [1.807, 2.05) is 72.8 Å². The third-order valence-electron chi connectivity index (χ3n) is 5.50. The smallest absolute Gasteiger partial charge is 0.337 e. The monoisotopic (exact) mass is 474 g/mol. The predicted molar refractivity (Wildman–Crippen MR) is 132 cm³/mol. The van der Waals surface area contributed by atoms with Crippen molar-refractivity contribution in [3.8, 4) is 0 Å². The van der Waals surface area contributed by atoms with Crippen molar-refractivity contribution in [2.75, 3.05) is 13.2 Å². The molecule has 3 atom stereocenters. The molecule has 0 spiro atoms. The van der Waals surface area contributed by atoms with E-state index in [1.165, 1.54) is 0 Å². The summed E-state index contributed by atoms with van der Waals surface area (Å²) in [5, 5.41) is 0. The van der Waals surface area contributed by atoms with E-state index in [2.05, 4.69) is 0 Å². The molecule has 0 radical (unpaired) electrons. The number of esters is 1. The Morgan fingerprint density at radius 3 is 2.29 bits per heavy atom. The van der Waals surface area contributed by atoms with Crippen molar-refractivity contribution in [2.24, 2.45) is 0 Å². The Morgan fingerprint density at radius 2 is 1.63 bits per heavy atom. The van der Waals surface area contributed by atoms with E-state index in [1.54, 1.807) is 31.4 Å². The summed E-state index contributed by atoms with van der Waals surface area (Å²) in [5.41, 5.74) is 2.49. The zero-order valence-corrected chi connectivity index (χ0v) is 19.7. The van der Waals surface area contributed by atoms with E-state index in [4.69, 9.17) is 23.4 Å². The molecule has 0 saturated carbocycles. The average molecular weight is 475 g/mol. The Bertz CT molecular complexity index is 1090. The zero-order chi connectivity index (χ0) is 24.3. The minimum atomic E-state index is -0.624. The van der Waals surface area contributed by atoms with E-state index >= 15 is 0 Å².